The van der Waals surface area contributed by atoms with Crippen molar-refractivity contribution in [2.75, 3.05) is 13.2 Å². The van der Waals surface area contributed by atoms with Gasteiger partial charge in [0, 0.05) is 19.3 Å². The first-order valence-electron chi connectivity index (χ1n) is 28.0. The van der Waals surface area contributed by atoms with Crippen molar-refractivity contribution in [3.63, 3.8) is 0 Å². The molecule has 0 heterocycles. The molecule has 0 N–H and O–H groups in total. The number of unbranched alkanes of at least 4 members (excludes halogenated alkanes) is 18. The van der Waals surface area contributed by atoms with E-state index in [0.29, 0.717) is 19.3 Å². The van der Waals surface area contributed by atoms with E-state index in [9.17, 15) is 14.4 Å². The monoisotopic (exact) mass is 955 g/mol. The SMILES string of the molecule is CC/C=C\C/C=C\C/C=C\C/C=C\C/C=C\C/C=C\CCCCCCCCCCCCCCCCC(=O)OCC(COC(=O)CCCCCCC)OC(=O)CC/C=C\C/C=C\C/C=C\C/C=C\CC. The lowest BCUT2D eigenvalue weighted by atomic mass is 10.0. The molecule has 6 heteroatoms. The van der Waals surface area contributed by atoms with E-state index >= 15 is 0 Å². The number of carbonyl (C=O) groups excluding carboxylic acids is 3. The van der Waals surface area contributed by atoms with E-state index in [1.807, 2.05) is 12.2 Å². The van der Waals surface area contributed by atoms with Gasteiger partial charge in [-0.1, -0.05) is 245 Å². The van der Waals surface area contributed by atoms with Gasteiger partial charge in [-0.15, -0.1) is 0 Å². The molecule has 0 aliphatic carbocycles. The highest BCUT2D eigenvalue weighted by Gasteiger charge is 2.19. The van der Waals surface area contributed by atoms with Crippen molar-refractivity contribution >= 4 is 17.9 Å². The molecule has 0 amide bonds. The zero-order valence-corrected chi connectivity index (χ0v) is 44.5. The third-order valence-corrected chi connectivity index (χ3v) is 11.5. The van der Waals surface area contributed by atoms with Crippen LogP contribution in [0, 0.1) is 0 Å². The maximum atomic E-state index is 12.7. The average Bonchev–Trinajstić information content (AvgIpc) is 3.35. The molecule has 0 aromatic carbocycles. The summed E-state index contributed by atoms with van der Waals surface area (Å²) >= 11 is 0. The van der Waals surface area contributed by atoms with Gasteiger partial charge in [-0.3, -0.25) is 14.4 Å². The molecule has 6 nitrogen and oxygen atoms in total. The lowest BCUT2D eigenvalue weighted by molar-refractivity contribution is -0.166. The fraction of sp³-hybridized carbons (Fsp3) is 0.635. The third kappa shape index (κ3) is 54.6. The molecule has 0 saturated heterocycles. The van der Waals surface area contributed by atoms with Crippen LogP contribution in [0.3, 0.4) is 0 Å². The van der Waals surface area contributed by atoms with Crippen molar-refractivity contribution in [2.45, 2.75) is 245 Å². The maximum Gasteiger partial charge on any atom is 0.306 e. The first-order chi connectivity index (χ1) is 34.0. The van der Waals surface area contributed by atoms with E-state index in [4.69, 9.17) is 14.2 Å². The molecule has 390 valence electrons. The topological polar surface area (TPSA) is 78.9 Å². The third-order valence-electron chi connectivity index (χ3n) is 11.5. The lowest BCUT2D eigenvalue weighted by Crippen LogP contribution is -2.30. The Bertz CT molecular complexity index is 1470. The second-order valence-corrected chi connectivity index (χ2v) is 18.1. The highest BCUT2D eigenvalue weighted by molar-refractivity contribution is 5.71. The second-order valence-electron chi connectivity index (χ2n) is 18.1. The smallest absolute Gasteiger partial charge is 0.306 e. The highest BCUT2D eigenvalue weighted by Crippen LogP contribution is 2.15. The Morgan fingerprint density at radius 2 is 0.594 bits per heavy atom. The lowest BCUT2D eigenvalue weighted by Gasteiger charge is -2.18. The summed E-state index contributed by atoms with van der Waals surface area (Å²) in [6, 6.07) is 0. The predicted molar refractivity (Wildman–Crippen MR) is 297 cm³/mol. The Hall–Kier alpha value is -4.19. The van der Waals surface area contributed by atoms with Crippen LogP contribution in [0.4, 0.5) is 0 Å². The van der Waals surface area contributed by atoms with Crippen LogP contribution in [0.2, 0.25) is 0 Å². The number of ether oxygens (including phenoxy) is 3. The summed E-state index contributed by atoms with van der Waals surface area (Å²) in [5.41, 5.74) is 0. The van der Waals surface area contributed by atoms with E-state index in [2.05, 4.69) is 130 Å². The molecule has 1 unspecified atom stereocenters. The van der Waals surface area contributed by atoms with Crippen molar-refractivity contribution in [1.82, 2.24) is 0 Å². The van der Waals surface area contributed by atoms with Gasteiger partial charge in [0.25, 0.3) is 0 Å². The van der Waals surface area contributed by atoms with Crippen LogP contribution in [0.1, 0.15) is 239 Å². The Kier molecular flexibility index (Phi) is 53.0. The van der Waals surface area contributed by atoms with Crippen molar-refractivity contribution in [1.29, 1.82) is 0 Å². The van der Waals surface area contributed by atoms with E-state index in [-0.39, 0.29) is 31.6 Å². The molecule has 0 aliphatic rings. The van der Waals surface area contributed by atoms with Crippen LogP contribution in [0.25, 0.3) is 0 Å². The van der Waals surface area contributed by atoms with Crippen molar-refractivity contribution < 1.29 is 28.6 Å². The standard InChI is InChI=1S/C63H102O6/c1-4-7-10-13-15-17-19-21-22-23-24-25-26-27-28-29-30-31-32-33-34-35-36-37-38-39-40-42-43-45-47-50-53-56-62(65)68-59-60(58-67-61(64)55-52-49-12-9-6-3)69-63(66)57-54-51-48-46-44-41-20-18-16-14-11-8-5-2/h7-8,10-11,15-18,21-22,24-25,27-28,30-31,41,44,48,51,60H,4-6,9,12-14,19-20,23,26,29,32-40,42-43,45-47,49-50,52-59H2,1-3H3/b10-7-,11-8-,17-15-,18-16-,22-21-,25-24-,28-27-,31-30-,44-41-,51-48-. The molecule has 0 aromatic heterocycles. The van der Waals surface area contributed by atoms with Gasteiger partial charge in [0.2, 0.25) is 0 Å². The van der Waals surface area contributed by atoms with E-state index in [1.54, 1.807) is 0 Å². The van der Waals surface area contributed by atoms with Gasteiger partial charge in [0.05, 0.1) is 0 Å². The number of hydrogen-bond donors (Lipinski definition) is 0. The summed E-state index contributed by atoms with van der Waals surface area (Å²) in [7, 11) is 0. The van der Waals surface area contributed by atoms with Gasteiger partial charge in [0.1, 0.15) is 13.2 Å². The van der Waals surface area contributed by atoms with Gasteiger partial charge < -0.3 is 14.2 Å². The number of allylic oxidation sites excluding steroid dienone is 20. The Morgan fingerprint density at radius 1 is 0.304 bits per heavy atom. The molecule has 0 aromatic rings. The minimum absolute atomic E-state index is 0.108. The van der Waals surface area contributed by atoms with Crippen LogP contribution < -0.4 is 0 Å². The molecule has 0 fully saturated rings. The van der Waals surface area contributed by atoms with E-state index in [1.165, 1.54) is 77.0 Å². The van der Waals surface area contributed by atoms with Crippen molar-refractivity contribution in [2.24, 2.45) is 0 Å². The van der Waals surface area contributed by atoms with Gasteiger partial charge in [-0.25, -0.2) is 0 Å². The Balaban J connectivity index is 4.02. The molecule has 0 saturated carbocycles. The first-order valence-corrected chi connectivity index (χ1v) is 28.0. The van der Waals surface area contributed by atoms with Crippen LogP contribution in [0.5, 0.6) is 0 Å². The van der Waals surface area contributed by atoms with Crippen LogP contribution >= 0.6 is 0 Å². The van der Waals surface area contributed by atoms with Gasteiger partial charge >= 0.3 is 17.9 Å². The number of esters is 3. The summed E-state index contributed by atoms with van der Waals surface area (Å²) in [4.78, 5) is 37.6. The minimum atomic E-state index is -0.812. The zero-order chi connectivity index (χ0) is 50.0. The molecular weight excluding hydrogens is 853 g/mol. The fourth-order valence-corrected chi connectivity index (χ4v) is 7.34. The maximum absolute atomic E-state index is 12.7. The molecule has 1 atom stereocenters. The molecule has 0 radical (unpaired) electrons. The van der Waals surface area contributed by atoms with Crippen molar-refractivity contribution in [3.8, 4) is 0 Å². The number of rotatable bonds is 49. The van der Waals surface area contributed by atoms with Gasteiger partial charge in [0.15, 0.2) is 6.10 Å². The first kappa shape index (κ1) is 64.8. The summed E-state index contributed by atoms with van der Waals surface area (Å²) < 4.78 is 16.6. The van der Waals surface area contributed by atoms with Gasteiger partial charge in [-0.2, -0.15) is 0 Å². The Labute approximate surface area is 424 Å². The summed E-state index contributed by atoms with van der Waals surface area (Å²) in [5, 5.41) is 0. The van der Waals surface area contributed by atoms with Crippen LogP contribution in [-0.2, 0) is 28.6 Å². The molecule has 0 aliphatic heterocycles. The summed E-state index contributed by atoms with van der Waals surface area (Å²) in [5.74, 6) is -1.01. The fourth-order valence-electron chi connectivity index (χ4n) is 7.34. The van der Waals surface area contributed by atoms with E-state index in [0.717, 1.165) is 116 Å². The molecule has 69 heavy (non-hydrogen) atoms. The van der Waals surface area contributed by atoms with E-state index < -0.39 is 12.1 Å². The second kappa shape index (κ2) is 56.4. The summed E-state index contributed by atoms with van der Waals surface area (Å²) in [6.45, 7) is 6.24. The predicted octanol–water partition coefficient (Wildman–Crippen LogP) is 18.9. The zero-order valence-electron chi connectivity index (χ0n) is 44.5. The number of hydrogen-bond acceptors (Lipinski definition) is 6. The Morgan fingerprint density at radius 3 is 0.942 bits per heavy atom. The van der Waals surface area contributed by atoms with Crippen LogP contribution in [0.15, 0.2) is 122 Å². The van der Waals surface area contributed by atoms with Crippen molar-refractivity contribution in [3.05, 3.63) is 122 Å². The molecule has 0 rings (SSSR count). The summed E-state index contributed by atoms with van der Waals surface area (Å²) in [6.07, 6.45) is 78.4. The molecular formula is C63H102O6. The highest BCUT2D eigenvalue weighted by atomic mass is 16.6. The molecule has 0 spiro atoms. The van der Waals surface area contributed by atoms with Crippen LogP contribution in [-0.4, -0.2) is 37.2 Å². The largest absolute Gasteiger partial charge is 0.462 e. The minimum Gasteiger partial charge on any atom is -0.462 e. The quantitative estimate of drug-likeness (QED) is 0.0262. The number of carbonyl (C=O) groups is 3. The average molecular weight is 956 g/mol. The molecule has 0 bridgehead atoms. The normalized spacial score (nSPS) is 13.0. The van der Waals surface area contributed by atoms with Gasteiger partial charge in [-0.05, 0) is 96.3 Å².